The van der Waals surface area contributed by atoms with Crippen molar-refractivity contribution in [2.75, 3.05) is 17.7 Å². The van der Waals surface area contributed by atoms with Crippen molar-refractivity contribution in [1.29, 1.82) is 0 Å². The highest BCUT2D eigenvalue weighted by Crippen LogP contribution is 2.31. The quantitative estimate of drug-likeness (QED) is 0.633. The van der Waals surface area contributed by atoms with Crippen LogP contribution < -0.4 is 15.8 Å². The average molecular weight is 353 g/mol. The summed E-state index contributed by atoms with van der Waals surface area (Å²) in [5, 5.41) is 3.11. The number of ketones is 1. The smallest absolute Gasteiger partial charge is 0.262 e. The first-order valence-electron chi connectivity index (χ1n) is 6.65. The maximum absolute atomic E-state index is 11.9. The highest BCUT2D eigenvalue weighted by Gasteiger charge is 2.09. The van der Waals surface area contributed by atoms with Gasteiger partial charge in [0.1, 0.15) is 5.75 Å². The van der Waals surface area contributed by atoms with Crippen molar-refractivity contribution in [3.05, 3.63) is 52.0 Å². The van der Waals surface area contributed by atoms with E-state index in [2.05, 4.69) is 5.32 Å². The number of rotatable bonds is 5. The number of carbonyl (C=O) groups excluding carboxylic acids is 2. The molecule has 0 spiro atoms. The molecule has 1 amide bonds. The zero-order valence-corrected chi connectivity index (χ0v) is 13.7. The van der Waals surface area contributed by atoms with Gasteiger partial charge in [-0.05, 0) is 31.2 Å². The molecule has 5 nitrogen and oxygen atoms in total. The summed E-state index contributed by atoms with van der Waals surface area (Å²) in [5.41, 5.74) is 6.81. The summed E-state index contributed by atoms with van der Waals surface area (Å²) in [5.74, 6) is -0.0394. The number of hydrogen-bond donors (Lipinski definition) is 2. The number of nitrogen functional groups attached to an aromatic ring is 1. The van der Waals surface area contributed by atoms with Gasteiger partial charge < -0.3 is 15.8 Å². The molecule has 2 aromatic rings. The highest BCUT2D eigenvalue weighted by atomic mass is 35.5. The number of ether oxygens (including phenoxy) is 1. The number of halogens is 2. The monoisotopic (exact) mass is 352 g/mol. The van der Waals surface area contributed by atoms with Crippen molar-refractivity contribution in [3.8, 4) is 5.75 Å². The molecule has 0 saturated carbocycles. The zero-order valence-electron chi connectivity index (χ0n) is 12.2. The Kier molecular flexibility index (Phi) is 5.47. The number of amides is 1. The van der Waals surface area contributed by atoms with Crippen LogP contribution in [-0.2, 0) is 4.79 Å². The average Bonchev–Trinajstić information content (AvgIpc) is 2.51. The number of nitrogens with two attached hydrogens (primary N) is 1. The van der Waals surface area contributed by atoms with Crippen molar-refractivity contribution in [1.82, 2.24) is 0 Å². The Hall–Kier alpha value is -2.24. The Labute approximate surface area is 143 Å². The van der Waals surface area contributed by atoms with Gasteiger partial charge in [0, 0.05) is 11.3 Å². The summed E-state index contributed by atoms with van der Waals surface area (Å²) in [6.45, 7) is 1.24. The van der Waals surface area contributed by atoms with Gasteiger partial charge in [0.05, 0.1) is 15.7 Å². The summed E-state index contributed by atoms with van der Waals surface area (Å²) in [4.78, 5) is 23.2. The minimum absolute atomic E-state index is 0.0777. The van der Waals surface area contributed by atoms with Crippen molar-refractivity contribution in [2.24, 2.45) is 0 Å². The van der Waals surface area contributed by atoms with Gasteiger partial charge in [0.2, 0.25) is 0 Å². The molecule has 23 heavy (non-hydrogen) atoms. The first kappa shape index (κ1) is 17.1. The molecule has 0 heterocycles. The number of benzene rings is 2. The Morgan fingerprint density at radius 2 is 1.83 bits per heavy atom. The van der Waals surface area contributed by atoms with Gasteiger partial charge in [0.15, 0.2) is 12.4 Å². The number of anilines is 2. The third-order valence-corrected chi connectivity index (χ3v) is 3.60. The second kappa shape index (κ2) is 7.35. The van der Waals surface area contributed by atoms with Gasteiger partial charge in [-0.15, -0.1) is 0 Å². The van der Waals surface area contributed by atoms with Crippen LogP contribution in [0.5, 0.6) is 5.75 Å². The lowest BCUT2D eigenvalue weighted by atomic mass is 10.1. The Morgan fingerprint density at radius 1 is 1.17 bits per heavy atom. The Morgan fingerprint density at radius 3 is 2.43 bits per heavy atom. The molecule has 0 radical (unpaired) electrons. The number of carbonyl (C=O) groups is 2. The largest absolute Gasteiger partial charge is 0.484 e. The lowest BCUT2D eigenvalue weighted by Crippen LogP contribution is -2.20. The van der Waals surface area contributed by atoms with E-state index in [9.17, 15) is 9.59 Å². The van der Waals surface area contributed by atoms with Crippen LogP contribution in [-0.4, -0.2) is 18.3 Å². The van der Waals surface area contributed by atoms with E-state index in [0.29, 0.717) is 17.0 Å². The summed E-state index contributed by atoms with van der Waals surface area (Å²) < 4.78 is 5.36. The van der Waals surface area contributed by atoms with E-state index in [-0.39, 0.29) is 28.1 Å². The fraction of sp³-hybridized carbons (Fsp3) is 0.125. The van der Waals surface area contributed by atoms with Gasteiger partial charge >= 0.3 is 0 Å². The molecule has 0 saturated heterocycles. The fourth-order valence-corrected chi connectivity index (χ4v) is 2.29. The SMILES string of the molecule is CC(=O)c1cccc(OCC(=O)Nc2cc(Cl)c(N)c(Cl)c2)c1. The van der Waals surface area contributed by atoms with E-state index < -0.39 is 5.91 Å². The number of Topliss-reactive ketones (excluding diaryl/α,β-unsaturated/α-hetero) is 1. The summed E-state index contributed by atoms with van der Waals surface area (Å²) in [7, 11) is 0. The standard InChI is InChI=1S/C16H14Cl2N2O3/c1-9(21)10-3-2-4-12(5-10)23-8-15(22)20-11-6-13(17)16(19)14(18)7-11/h2-7H,8,19H2,1H3,(H,20,22). The molecule has 0 bridgehead atoms. The van der Waals surface area contributed by atoms with E-state index >= 15 is 0 Å². The second-order valence-corrected chi connectivity index (χ2v) is 5.59. The van der Waals surface area contributed by atoms with Crippen molar-refractivity contribution in [2.45, 2.75) is 6.92 Å². The van der Waals surface area contributed by atoms with E-state index in [1.54, 1.807) is 24.3 Å². The van der Waals surface area contributed by atoms with Gasteiger partial charge in [-0.2, -0.15) is 0 Å². The van der Waals surface area contributed by atoms with Crippen molar-refractivity contribution in [3.63, 3.8) is 0 Å². The summed E-state index contributed by atoms with van der Waals surface area (Å²) in [6.07, 6.45) is 0. The molecule has 3 N–H and O–H groups in total. The van der Waals surface area contributed by atoms with Crippen LogP contribution in [0.2, 0.25) is 10.0 Å². The summed E-state index contributed by atoms with van der Waals surface area (Å²) in [6, 6.07) is 9.59. The van der Waals surface area contributed by atoms with Crippen LogP contribution in [0.4, 0.5) is 11.4 Å². The third kappa shape index (κ3) is 4.61. The van der Waals surface area contributed by atoms with Crippen molar-refractivity contribution >= 4 is 46.3 Å². The maximum Gasteiger partial charge on any atom is 0.262 e. The van der Waals surface area contributed by atoms with Gasteiger partial charge in [-0.1, -0.05) is 35.3 Å². The molecule has 0 fully saturated rings. The van der Waals surface area contributed by atoms with Crippen LogP contribution in [0, 0.1) is 0 Å². The molecule has 0 unspecified atom stereocenters. The number of nitrogens with one attached hydrogen (secondary N) is 1. The van der Waals surface area contributed by atoms with Crippen LogP contribution in [0.25, 0.3) is 0 Å². The molecule has 120 valence electrons. The number of hydrogen-bond acceptors (Lipinski definition) is 4. The lowest BCUT2D eigenvalue weighted by Gasteiger charge is -2.10. The molecular weight excluding hydrogens is 339 g/mol. The molecule has 0 atom stereocenters. The second-order valence-electron chi connectivity index (χ2n) is 4.77. The van der Waals surface area contributed by atoms with E-state index in [4.69, 9.17) is 33.7 Å². The van der Waals surface area contributed by atoms with Crippen LogP contribution in [0.15, 0.2) is 36.4 Å². The van der Waals surface area contributed by atoms with Crippen LogP contribution in [0.3, 0.4) is 0 Å². The fourth-order valence-electron chi connectivity index (χ4n) is 1.81. The molecule has 7 heteroatoms. The predicted molar refractivity (Wildman–Crippen MR) is 91.4 cm³/mol. The van der Waals surface area contributed by atoms with Crippen LogP contribution >= 0.6 is 23.2 Å². The molecule has 0 aliphatic carbocycles. The van der Waals surface area contributed by atoms with Crippen molar-refractivity contribution < 1.29 is 14.3 Å². The minimum Gasteiger partial charge on any atom is -0.484 e. The van der Waals surface area contributed by atoms with E-state index in [1.807, 2.05) is 0 Å². The van der Waals surface area contributed by atoms with E-state index in [0.717, 1.165) is 0 Å². The van der Waals surface area contributed by atoms with Crippen LogP contribution in [0.1, 0.15) is 17.3 Å². The van der Waals surface area contributed by atoms with E-state index in [1.165, 1.54) is 19.1 Å². The summed E-state index contributed by atoms with van der Waals surface area (Å²) >= 11 is 11.8. The molecule has 2 rings (SSSR count). The third-order valence-electron chi connectivity index (χ3n) is 2.97. The topological polar surface area (TPSA) is 81.4 Å². The van der Waals surface area contributed by atoms with Gasteiger partial charge in [-0.25, -0.2) is 0 Å². The first-order valence-corrected chi connectivity index (χ1v) is 7.40. The Bertz CT molecular complexity index is 740. The molecule has 0 aliphatic heterocycles. The highest BCUT2D eigenvalue weighted by molar-refractivity contribution is 6.39. The molecule has 2 aromatic carbocycles. The van der Waals surface area contributed by atoms with Gasteiger partial charge in [-0.3, -0.25) is 9.59 Å². The molecule has 0 aliphatic rings. The van der Waals surface area contributed by atoms with Gasteiger partial charge in [0.25, 0.3) is 5.91 Å². The molecular formula is C16H14Cl2N2O3. The maximum atomic E-state index is 11.9. The lowest BCUT2D eigenvalue weighted by molar-refractivity contribution is -0.118. The predicted octanol–water partition coefficient (Wildman–Crippen LogP) is 3.80. The first-order chi connectivity index (χ1) is 10.9. The zero-order chi connectivity index (χ0) is 17.0. The minimum atomic E-state index is -0.393. The normalized spacial score (nSPS) is 10.2. The Balaban J connectivity index is 1.98. The molecule has 0 aromatic heterocycles.